The molecule has 1 fully saturated rings. The van der Waals surface area contributed by atoms with Crippen LogP contribution in [0.5, 0.6) is 0 Å². The monoisotopic (exact) mass is 403 g/mol. The number of anilines is 2. The number of benzene rings is 1. The molecule has 1 aliphatic heterocycles. The van der Waals surface area contributed by atoms with Crippen molar-refractivity contribution in [1.29, 1.82) is 0 Å². The number of nitrogens with zero attached hydrogens (tertiary/aromatic N) is 1. The fraction of sp³-hybridized carbons (Fsp3) is 0.438. The molecule has 1 aromatic rings. The number of halogens is 3. The second-order valence-corrected chi connectivity index (χ2v) is 5.83. The molecule has 0 bridgehead atoms. The molecule has 12 heteroatoms. The van der Waals surface area contributed by atoms with Crippen molar-refractivity contribution in [2.75, 3.05) is 43.6 Å². The Morgan fingerprint density at radius 2 is 2.07 bits per heavy atom. The molecule has 1 atom stereocenters. The van der Waals surface area contributed by atoms with Crippen molar-refractivity contribution in [3.63, 3.8) is 0 Å². The lowest BCUT2D eigenvalue weighted by Crippen LogP contribution is -2.50. The van der Waals surface area contributed by atoms with Gasteiger partial charge < -0.3 is 31.3 Å². The van der Waals surface area contributed by atoms with E-state index in [0.29, 0.717) is 0 Å². The van der Waals surface area contributed by atoms with Crippen LogP contribution in [-0.4, -0.2) is 57.2 Å². The van der Waals surface area contributed by atoms with Crippen LogP contribution in [0.2, 0.25) is 0 Å². The van der Waals surface area contributed by atoms with Gasteiger partial charge >= 0.3 is 12.2 Å². The second-order valence-electron chi connectivity index (χ2n) is 5.83. The summed E-state index contributed by atoms with van der Waals surface area (Å²) in [6, 6.07) is 1.26. The smallest absolute Gasteiger partial charge is 0.370 e. The SMILES string of the molecule is CNC(=O)N[C@H](CN)C(=O)Nc1ccc(N2CCOCC2=O)c(C(F)(F)F)c1. The highest BCUT2D eigenvalue weighted by Gasteiger charge is 2.37. The van der Waals surface area contributed by atoms with E-state index in [9.17, 15) is 27.6 Å². The molecule has 154 valence electrons. The molecule has 0 saturated carbocycles. The van der Waals surface area contributed by atoms with Crippen LogP contribution < -0.4 is 26.6 Å². The molecule has 0 spiro atoms. The highest BCUT2D eigenvalue weighted by atomic mass is 19.4. The summed E-state index contributed by atoms with van der Waals surface area (Å²) in [6.07, 6.45) is -4.76. The molecule has 1 aromatic carbocycles. The second kappa shape index (κ2) is 8.89. The first-order valence-electron chi connectivity index (χ1n) is 8.26. The van der Waals surface area contributed by atoms with Gasteiger partial charge in [-0.15, -0.1) is 0 Å². The van der Waals surface area contributed by atoms with E-state index in [1.165, 1.54) is 13.1 Å². The van der Waals surface area contributed by atoms with Crippen LogP contribution in [0, 0.1) is 0 Å². The Bertz CT molecular complexity index is 756. The number of carbonyl (C=O) groups is 3. The molecular weight excluding hydrogens is 383 g/mol. The van der Waals surface area contributed by atoms with Gasteiger partial charge in [-0.1, -0.05) is 0 Å². The molecule has 0 aliphatic carbocycles. The average molecular weight is 403 g/mol. The van der Waals surface area contributed by atoms with Gasteiger partial charge in [-0.05, 0) is 18.2 Å². The summed E-state index contributed by atoms with van der Waals surface area (Å²) in [4.78, 5) is 36.4. The normalized spacial score (nSPS) is 15.8. The number of urea groups is 1. The Hall–Kier alpha value is -2.86. The summed E-state index contributed by atoms with van der Waals surface area (Å²) < 4.78 is 45.5. The van der Waals surface area contributed by atoms with Crippen molar-refractivity contribution in [2.24, 2.45) is 5.73 Å². The molecular formula is C16H20F3N5O4. The van der Waals surface area contributed by atoms with E-state index >= 15 is 0 Å². The lowest BCUT2D eigenvalue weighted by molar-refractivity contribution is -0.137. The van der Waals surface area contributed by atoms with Crippen LogP contribution in [0.25, 0.3) is 0 Å². The molecule has 28 heavy (non-hydrogen) atoms. The van der Waals surface area contributed by atoms with Crippen molar-refractivity contribution in [2.45, 2.75) is 12.2 Å². The minimum Gasteiger partial charge on any atom is -0.370 e. The molecule has 5 N–H and O–H groups in total. The van der Waals surface area contributed by atoms with Crippen LogP contribution in [0.3, 0.4) is 0 Å². The number of ether oxygens (including phenoxy) is 1. The predicted molar refractivity (Wildman–Crippen MR) is 93.7 cm³/mol. The zero-order valence-electron chi connectivity index (χ0n) is 14.9. The third-order valence-electron chi connectivity index (χ3n) is 3.93. The zero-order chi connectivity index (χ0) is 20.9. The van der Waals surface area contributed by atoms with Gasteiger partial charge in [0, 0.05) is 25.8 Å². The molecule has 0 aromatic heterocycles. The number of rotatable bonds is 5. The number of hydrogen-bond acceptors (Lipinski definition) is 5. The van der Waals surface area contributed by atoms with E-state index in [2.05, 4.69) is 16.0 Å². The lowest BCUT2D eigenvalue weighted by Gasteiger charge is -2.29. The minimum atomic E-state index is -4.76. The quantitative estimate of drug-likeness (QED) is 0.561. The van der Waals surface area contributed by atoms with Crippen LogP contribution in [0.15, 0.2) is 18.2 Å². The van der Waals surface area contributed by atoms with Gasteiger partial charge in [-0.3, -0.25) is 9.59 Å². The van der Waals surface area contributed by atoms with E-state index in [0.717, 1.165) is 17.0 Å². The van der Waals surface area contributed by atoms with Crippen molar-refractivity contribution >= 4 is 29.2 Å². The molecule has 0 unspecified atom stereocenters. The Balaban J connectivity index is 2.28. The van der Waals surface area contributed by atoms with Gasteiger partial charge in [0.25, 0.3) is 5.91 Å². The molecule has 1 heterocycles. The largest absolute Gasteiger partial charge is 0.418 e. The van der Waals surface area contributed by atoms with Gasteiger partial charge in [0.1, 0.15) is 12.6 Å². The molecule has 0 radical (unpaired) electrons. The van der Waals surface area contributed by atoms with Crippen LogP contribution in [0.4, 0.5) is 29.3 Å². The van der Waals surface area contributed by atoms with Gasteiger partial charge in [-0.25, -0.2) is 4.79 Å². The first kappa shape index (κ1) is 21.4. The number of carbonyl (C=O) groups excluding carboxylic acids is 3. The van der Waals surface area contributed by atoms with E-state index < -0.39 is 35.6 Å². The number of morpholine rings is 1. The highest BCUT2D eigenvalue weighted by Crippen LogP contribution is 2.38. The van der Waals surface area contributed by atoms with Gasteiger partial charge in [0.2, 0.25) is 5.91 Å². The van der Waals surface area contributed by atoms with Crippen molar-refractivity contribution in [1.82, 2.24) is 10.6 Å². The van der Waals surface area contributed by atoms with Gasteiger partial charge in [-0.2, -0.15) is 13.2 Å². The molecule has 1 saturated heterocycles. The van der Waals surface area contributed by atoms with Gasteiger partial charge in [0.05, 0.1) is 17.9 Å². The predicted octanol–water partition coefficient (Wildman–Crippen LogP) is 0.263. The lowest BCUT2D eigenvalue weighted by atomic mass is 10.1. The Morgan fingerprint density at radius 3 is 2.64 bits per heavy atom. The summed E-state index contributed by atoms with van der Waals surface area (Å²) in [7, 11) is 1.34. The van der Waals surface area contributed by atoms with E-state index in [4.69, 9.17) is 10.5 Å². The molecule has 2 rings (SSSR count). The van der Waals surface area contributed by atoms with Gasteiger partial charge in [0.15, 0.2) is 0 Å². The number of nitrogens with one attached hydrogen (secondary N) is 3. The number of alkyl halides is 3. The Kier molecular flexibility index (Phi) is 6.80. The molecule has 4 amide bonds. The summed E-state index contributed by atoms with van der Waals surface area (Å²) in [5.74, 6) is -1.37. The topological polar surface area (TPSA) is 126 Å². The zero-order valence-corrected chi connectivity index (χ0v) is 14.9. The van der Waals surface area contributed by atoms with Crippen LogP contribution >= 0.6 is 0 Å². The number of nitrogens with two attached hydrogens (primary N) is 1. The van der Waals surface area contributed by atoms with E-state index in [-0.39, 0.29) is 37.7 Å². The Morgan fingerprint density at radius 1 is 1.36 bits per heavy atom. The Labute approximate surface area is 158 Å². The average Bonchev–Trinajstić information content (AvgIpc) is 2.65. The summed E-state index contributed by atoms with van der Waals surface area (Å²) in [5.41, 5.74) is 3.87. The van der Waals surface area contributed by atoms with Crippen LogP contribution in [0.1, 0.15) is 5.56 Å². The third kappa shape index (κ3) is 5.10. The van der Waals surface area contributed by atoms with E-state index in [1.54, 1.807) is 0 Å². The maximum Gasteiger partial charge on any atom is 0.418 e. The summed E-state index contributed by atoms with van der Waals surface area (Å²) in [6.45, 7) is -0.464. The highest BCUT2D eigenvalue weighted by molar-refractivity contribution is 5.99. The van der Waals surface area contributed by atoms with E-state index in [1.807, 2.05) is 0 Å². The first-order chi connectivity index (χ1) is 13.2. The third-order valence-corrected chi connectivity index (χ3v) is 3.93. The molecule has 1 aliphatic rings. The number of amides is 4. The maximum absolute atomic E-state index is 13.5. The first-order valence-corrected chi connectivity index (χ1v) is 8.26. The summed E-state index contributed by atoms with van der Waals surface area (Å²) in [5, 5.41) is 6.80. The van der Waals surface area contributed by atoms with Crippen molar-refractivity contribution in [3.05, 3.63) is 23.8 Å². The van der Waals surface area contributed by atoms with Crippen molar-refractivity contribution < 1.29 is 32.3 Å². The number of hydrogen-bond donors (Lipinski definition) is 4. The van der Waals surface area contributed by atoms with Crippen LogP contribution in [-0.2, 0) is 20.5 Å². The standard InChI is InChI=1S/C16H20F3N5O4/c1-21-15(27)23-11(7-20)14(26)22-9-2-3-12(10(6-9)16(17,18)19)24-4-5-28-8-13(24)25/h2-3,6,11H,4-5,7-8,20H2,1H3,(H,22,26)(H2,21,23,27)/t11-/m1/s1. The maximum atomic E-state index is 13.5. The molecule has 9 nitrogen and oxygen atoms in total. The fourth-order valence-corrected chi connectivity index (χ4v) is 2.54. The summed E-state index contributed by atoms with van der Waals surface area (Å²) >= 11 is 0. The van der Waals surface area contributed by atoms with Crippen molar-refractivity contribution in [3.8, 4) is 0 Å². The minimum absolute atomic E-state index is 0.0150. The fourth-order valence-electron chi connectivity index (χ4n) is 2.54.